The van der Waals surface area contributed by atoms with E-state index in [1.54, 1.807) is 12.4 Å². The Hall–Kier alpha value is -1.46. The first-order valence-electron chi connectivity index (χ1n) is 7.77. The number of fused-ring (bicyclic) bond motifs is 1. The highest BCUT2D eigenvalue weighted by Crippen LogP contribution is 2.31. The second-order valence-corrected chi connectivity index (χ2v) is 6.04. The first-order chi connectivity index (χ1) is 10.3. The van der Waals surface area contributed by atoms with Crippen molar-refractivity contribution in [2.75, 3.05) is 32.8 Å². The average molecular weight is 289 g/mol. The summed E-state index contributed by atoms with van der Waals surface area (Å²) in [7, 11) is 0. The Balaban J connectivity index is 1.41. The highest BCUT2D eigenvalue weighted by molar-refractivity contribution is 5.76. The minimum atomic E-state index is 0.144. The average Bonchev–Trinajstić information content (AvgIpc) is 2.98. The number of carbonyl (C=O) groups excluding carboxylic acids is 1. The molecule has 0 spiro atoms. The maximum absolute atomic E-state index is 12.1. The number of ether oxygens (including phenoxy) is 1. The second kappa shape index (κ2) is 7.00. The van der Waals surface area contributed by atoms with E-state index < -0.39 is 0 Å². The highest BCUT2D eigenvalue weighted by Gasteiger charge is 2.37. The summed E-state index contributed by atoms with van der Waals surface area (Å²) < 4.78 is 5.64. The summed E-state index contributed by atoms with van der Waals surface area (Å²) in [6, 6.07) is 3.96. The van der Waals surface area contributed by atoms with Crippen molar-refractivity contribution in [2.24, 2.45) is 17.8 Å². The Morgan fingerprint density at radius 1 is 1.33 bits per heavy atom. The minimum absolute atomic E-state index is 0.144. The molecule has 0 radical (unpaired) electrons. The zero-order chi connectivity index (χ0) is 14.5. The van der Waals surface area contributed by atoms with Crippen molar-refractivity contribution in [1.82, 2.24) is 15.6 Å². The molecule has 2 aliphatic heterocycles. The maximum atomic E-state index is 12.1. The molecule has 2 saturated heterocycles. The molecule has 3 heterocycles. The summed E-state index contributed by atoms with van der Waals surface area (Å²) in [5.74, 6) is 1.70. The third-order valence-electron chi connectivity index (χ3n) is 4.59. The molecule has 2 N–H and O–H groups in total. The lowest BCUT2D eigenvalue weighted by Gasteiger charge is -2.32. The van der Waals surface area contributed by atoms with Gasteiger partial charge in [0.1, 0.15) is 0 Å². The van der Waals surface area contributed by atoms with Crippen molar-refractivity contribution in [2.45, 2.75) is 12.8 Å². The standard InChI is InChI=1S/C16H23N3O2/c20-16(19-6-3-12-1-4-17-5-2-12)7-13-10-21-11-14-8-18-9-15(13)14/h1-2,4-5,13-15,18H,3,6-11H2,(H,19,20)/t13-,14-,15+/m1/s1. The molecule has 5 heteroatoms. The molecule has 0 aromatic carbocycles. The van der Waals surface area contributed by atoms with E-state index >= 15 is 0 Å². The molecule has 0 aliphatic carbocycles. The number of nitrogens with one attached hydrogen (secondary N) is 2. The Kier molecular flexibility index (Phi) is 4.83. The molecule has 114 valence electrons. The van der Waals surface area contributed by atoms with E-state index in [0.717, 1.165) is 32.7 Å². The number of carbonyl (C=O) groups is 1. The number of pyridine rings is 1. The molecule has 3 atom stereocenters. The second-order valence-electron chi connectivity index (χ2n) is 6.04. The molecule has 3 rings (SSSR count). The van der Waals surface area contributed by atoms with Gasteiger partial charge in [-0.2, -0.15) is 0 Å². The third kappa shape index (κ3) is 3.80. The predicted octanol–water partition coefficient (Wildman–Crippen LogP) is 0.612. The van der Waals surface area contributed by atoms with E-state index in [9.17, 15) is 4.79 Å². The molecular formula is C16H23N3O2. The molecule has 1 amide bonds. The van der Waals surface area contributed by atoms with Crippen LogP contribution >= 0.6 is 0 Å². The fourth-order valence-corrected chi connectivity index (χ4v) is 3.40. The van der Waals surface area contributed by atoms with Crippen LogP contribution in [0.15, 0.2) is 24.5 Å². The van der Waals surface area contributed by atoms with Crippen LogP contribution in [0, 0.1) is 17.8 Å². The van der Waals surface area contributed by atoms with Crippen LogP contribution in [0.3, 0.4) is 0 Å². The lowest BCUT2D eigenvalue weighted by molar-refractivity contribution is -0.124. The van der Waals surface area contributed by atoms with Crippen LogP contribution in [-0.2, 0) is 16.0 Å². The lowest BCUT2D eigenvalue weighted by atomic mass is 9.81. The topological polar surface area (TPSA) is 63.2 Å². The van der Waals surface area contributed by atoms with Crippen molar-refractivity contribution in [3.63, 3.8) is 0 Å². The third-order valence-corrected chi connectivity index (χ3v) is 4.59. The SMILES string of the molecule is O=C(C[C@@H]1COC[C@H]2CNC[C@H]21)NCCc1ccncc1. The van der Waals surface area contributed by atoms with Gasteiger partial charge in [0.05, 0.1) is 13.2 Å². The van der Waals surface area contributed by atoms with E-state index in [1.807, 2.05) is 12.1 Å². The van der Waals surface area contributed by atoms with Crippen LogP contribution < -0.4 is 10.6 Å². The lowest BCUT2D eigenvalue weighted by Crippen LogP contribution is -2.38. The van der Waals surface area contributed by atoms with Crippen LogP contribution in [0.1, 0.15) is 12.0 Å². The number of aromatic nitrogens is 1. The largest absolute Gasteiger partial charge is 0.381 e. The monoisotopic (exact) mass is 289 g/mol. The molecule has 2 fully saturated rings. The normalized spacial score (nSPS) is 28.1. The molecule has 5 nitrogen and oxygen atoms in total. The van der Waals surface area contributed by atoms with Crippen molar-refractivity contribution in [3.05, 3.63) is 30.1 Å². The van der Waals surface area contributed by atoms with Gasteiger partial charge in [-0.1, -0.05) is 0 Å². The van der Waals surface area contributed by atoms with Crippen molar-refractivity contribution in [1.29, 1.82) is 0 Å². The van der Waals surface area contributed by atoms with E-state index in [2.05, 4.69) is 15.6 Å². The first kappa shape index (κ1) is 14.5. The molecule has 0 bridgehead atoms. The fourth-order valence-electron chi connectivity index (χ4n) is 3.40. The Bertz CT molecular complexity index is 466. The van der Waals surface area contributed by atoms with Gasteiger partial charge in [0.2, 0.25) is 5.91 Å². The summed E-state index contributed by atoms with van der Waals surface area (Å²) in [4.78, 5) is 16.1. The Labute approximate surface area is 125 Å². The van der Waals surface area contributed by atoms with E-state index in [-0.39, 0.29) is 5.91 Å². The van der Waals surface area contributed by atoms with Gasteiger partial charge < -0.3 is 15.4 Å². The predicted molar refractivity (Wildman–Crippen MR) is 79.7 cm³/mol. The smallest absolute Gasteiger partial charge is 0.220 e. The summed E-state index contributed by atoms with van der Waals surface area (Å²) >= 11 is 0. The van der Waals surface area contributed by atoms with Gasteiger partial charge in [-0.25, -0.2) is 0 Å². The quantitative estimate of drug-likeness (QED) is 0.834. The zero-order valence-electron chi connectivity index (χ0n) is 12.3. The molecule has 0 saturated carbocycles. The van der Waals surface area contributed by atoms with Crippen LogP contribution in [0.2, 0.25) is 0 Å². The molecule has 2 aliphatic rings. The van der Waals surface area contributed by atoms with E-state index in [0.29, 0.717) is 30.7 Å². The van der Waals surface area contributed by atoms with Crippen LogP contribution in [0.5, 0.6) is 0 Å². The van der Waals surface area contributed by atoms with Crippen LogP contribution in [0.25, 0.3) is 0 Å². The Morgan fingerprint density at radius 2 is 2.19 bits per heavy atom. The van der Waals surface area contributed by atoms with Gasteiger partial charge in [0, 0.05) is 31.9 Å². The van der Waals surface area contributed by atoms with E-state index in [4.69, 9.17) is 4.74 Å². The van der Waals surface area contributed by atoms with Gasteiger partial charge in [-0.15, -0.1) is 0 Å². The first-order valence-corrected chi connectivity index (χ1v) is 7.77. The van der Waals surface area contributed by atoms with Crippen molar-refractivity contribution in [3.8, 4) is 0 Å². The zero-order valence-corrected chi connectivity index (χ0v) is 12.3. The van der Waals surface area contributed by atoms with Gasteiger partial charge in [-0.05, 0) is 48.4 Å². The number of rotatable bonds is 5. The summed E-state index contributed by atoms with van der Waals surface area (Å²) in [6.45, 7) is 4.31. The van der Waals surface area contributed by atoms with Gasteiger partial charge in [0.25, 0.3) is 0 Å². The maximum Gasteiger partial charge on any atom is 0.220 e. The number of hydrogen-bond acceptors (Lipinski definition) is 4. The highest BCUT2D eigenvalue weighted by atomic mass is 16.5. The summed E-state index contributed by atoms with van der Waals surface area (Å²) in [6.07, 6.45) is 5.00. The molecule has 21 heavy (non-hydrogen) atoms. The fraction of sp³-hybridized carbons (Fsp3) is 0.625. The molecule has 1 aromatic rings. The molecule has 0 unspecified atom stereocenters. The summed E-state index contributed by atoms with van der Waals surface area (Å²) in [5.41, 5.74) is 1.20. The van der Waals surface area contributed by atoms with Gasteiger partial charge in [0.15, 0.2) is 0 Å². The number of hydrogen-bond donors (Lipinski definition) is 2. The minimum Gasteiger partial charge on any atom is -0.381 e. The Morgan fingerprint density at radius 3 is 3.05 bits per heavy atom. The van der Waals surface area contributed by atoms with Crippen molar-refractivity contribution >= 4 is 5.91 Å². The van der Waals surface area contributed by atoms with Crippen molar-refractivity contribution < 1.29 is 9.53 Å². The molecular weight excluding hydrogens is 266 g/mol. The van der Waals surface area contributed by atoms with E-state index in [1.165, 1.54) is 5.56 Å². The molecule has 1 aromatic heterocycles. The van der Waals surface area contributed by atoms with Crippen LogP contribution in [-0.4, -0.2) is 43.7 Å². The van der Waals surface area contributed by atoms with Gasteiger partial charge in [-0.3, -0.25) is 9.78 Å². The van der Waals surface area contributed by atoms with Gasteiger partial charge >= 0.3 is 0 Å². The summed E-state index contributed by atoms with van der Waals surface area (Å²) in [5, 5.41) is 6.44. The number of nitrogens with zero attached hydrogens (tertiary/aromatic N) is 1. The van der Waals surface area contributed by atoms with Crippen LogP contribution in [0.4, 0.5) is 0 Å². The number of amides is 1.